The van der Waals surface area contributed by atoms with Crippen molar-refractivity contribution in [1.29, 1.82) is 0 Å². The largest absolute Gasteiger partial charge is 0.480 e. The maximum absolute atomic E-state index is 11.7. The quantitative estimate of drug-likeness (QED) is 0.633. The smallest absolute Gasteiger partial charge is 0.336 e. The second kappa shape index (κ2) is 6.20. The number of amides is 2. The molecule has 0 radical (unpaired) electrons. The van der Waals surface area contributed by atoms with Crippen molar-refractivity contribution >= 4 is 18.0 Å². The lowest BCUT2D eigenvalue weighted by Gasteiger charge is -2.31. The van der Waals surface area contributed by atoms with Gasteiger partial charge in [-0.3, -0.25) is 4.79 Å². The molecule has 0 aliphatic carbocycles. The molecule has 0 saturated carbocycles. The van der Waals surface area contributed by atoms with Gasteiger partial charge in [-0.05, 0) is 6.92 Å². The number of hydrogen-bond acceptors (Lipinski definition) is 5. The summed E-state index contributed by atoms with van der Waals surface area (Å²) in [5.41, 5.74) is 0. The topological polar surface area (TPSA) is 105 Å². The summed E-state index contributed by atoms with van der Waals surface area (Å²) < 4.78 is 9.67. The summed E-state index contributed by atoms with van der Waals surface area (Å²) in [7, 11) is 1.23. The van der Waals surface area contributed by atoms with E-state index in [9.17, 15) is 14.4 Å². The molecule has 1 aliphatic rings. The van der Waals surface area contributed by atoms with E-state index in [0.29, 0.717) is 6.54 Å². The Bertz CT molecular complexity index is 345. The van der Waals surface area contributed by atoms with Crippen LogP contribution in [0.25, 0.3) is 0 Å². The number of carboxylic acid groups (broad SMARTS) is 1. The minimum absolute atomic E-state index is 0.0465. The number of esters is 1. The zero-order chi connectivity index (χ0) is 13.7. The average Bonchev–Trinajstić information content (AvgIpc) is 2.37. The molecule has 1 fully saturated rings. The highest BCUT2D eigenvalue weighted by molar-refractivity contribution is 5.83. The van der Waals surface area contributed by atoms with Gasteiger partial charge in [0.2, 0.25) is 0 Å². The molecule has 1 aliphatic heterocycles. The van der Waals surface area contributed by atoms with Gasteiger partial charge >= 0.3 is 18.0 Å². The second-order valence-corrected chi connectivity index (χ2v) is 3.84. The van der Waals surface area contributed by atoms with Gasteiger partial charge in [0, 0.05) is 6.54 Å². The molecule has 1 saturated heterocycles. The van der Waals surface area contributed by atoms with E-state index >= 15 is 0 Å². The van der Waals surface area contributed by atoms with E-state index < -0.39 is 30.1 Å². The first-order valence-electron chi connectivity index (χ1n) is 5.43. The second-order valence-electron chi connectivity index (χ2n) is 3.84. The number of morpholine rings is 1. The van der Waals surface area contributed by atoms with Crippen molar-refractivity contribution in [3.05, 3.63) is 0 Å². The maximum atomic E-state index is 11.7. The number of ether oxygens (including phenoxy) is 2. The average molecular weight is 260 g/mol. The Morgan fingerprint density at radius 1 is 1.50 bits per heavy atom. The van der Waals surface area contributed by atoms with E-state index in [2.05, 4.69) is 10.1 Å². The number of nitrogens with zero attached hydrogens (tertiary/aromatic N) is 1. The Kier molecular flexibility index (Phi) is 4.90. The van der Waals surface area contributed by atoms with Crippen LogP contribution in [-0.4, -0.2) is 66.9 Å². The number of nitrogens with one attached hydrogen (secondary N) is 1. The molecule has 0 aromatic heterocycles. The fourth-order valence-electron chi connectivity index (χ4n) is 1.45. The van der Waals surface area contributed by atoms with Crippen molar-refractivity contribution in [3.8, 4) is 0 Å². The summed E-state index contributed by atoms with van der Waals surface area (Å²) >= 11 is 0. The summed E-state index contributed by atoms with van der Waals surface area (Å²) in [4.78, 5) is 34.9. The zero-order valence-corrected chi connectivity index (χ0v) is 10.2. The maximum Gasteiger partial charge on any atom is 0.336 e. The van der Waals surface area contributed by atoms with Gasteiger partial charge in [-0.15, -0.1) is 0 Å². The number of aliphatic carboxylic acids is 1. The molecule has 18 heavy (non-hydrogen) atoms. The molecule has 2 amide bonds. The molecule has 1 heterocycles. The molecule has 0 bridgehead atoms. The number of urea groups is 1. The van der Waals surface area contributed by atoms with Crippen molar-refractivity contribution in [3.63, 3.8) is 0 Å². The van der Waals surface area contributed by atoms with Gasteiger partial charge < -0.3 is 24.8 Å². The van der Waals surface area contributed by atoms with E-state index in [1.54, 1.807) is 0 Å². The van der Waals surface area contributed by atoms with Gasteiger partial charge in [0.15, 0.2) is 6.10 Å². The predicted octanol–water partition coefficient (Wildman–Crippen LogP) is -0.957. The molecule has 2 atom stereocenters. The third kappa shape index (κ3) is 3.59. The van der Waals surface area contributed by atoms with Crippen LogP contribution in [0.4, 0.5) is 4.79 Å². The molecule has 102 valence electrons. The highest BCUT2D eigenvalue weighted by Gasteiger charge is 2.30. The predicted molar refractivity (Wildman–Crippen MR) is 59.0 cm³/mol. The number of hydrogen-bond donors (Lipinski definition) is 2. The van der Waals surface area contributed by atoms with Crippen LogP contribution < -0.4 is 5.32 Å². The fraction of sp³-hybridized carbons (Fsp3) is 0.700. The number of carboxylic acids is 1. The van der Waals surface area contributed by atoms with Gasteiger partial charge in [-0.1, -0.05) is 0 Å². The Labute approximate surface area is 104 Å². The van der Waals surface area contributed by atoms with Crippen LogP contribution in [0.1, 0.15) is 6.92 Å². The molecule has 2 unspecified atom stereocenters. The van der Waals surface area contributed by atoms with Crippen molar-refractivity contribution < 1.29 is 29.0 Å². The molecule has 8 nitrogen and oxygen atoms in total. The molecule has 1 rings (SSSR count). The Morgan fingerprint density at radius 3 is 2.72 bits per heavy atom. The van der Waals surface area contributed by atoms with Crippen LogP contribution in [0.5, 0.6) is 0 Å². The molecular formula is C10H16N2O6. The van der Waals surface area contributed by atoms with Crippen LogP contribution in [0.15, 0.2) is 0 Å². The van der Waals surface area contributed by atoms with E-state index in [4.69, 9.17) is 9.84 Å². The molecule has 2 N–H and O–H groups in total. The van der Waals surface area contributed by atoms with E-state index in [0.717, 1.165) is 0 Å². The van der Waals surface area contributed by atoms with E-state index in [1.807, 2.05) is 0 Å². The molecule has 8 heteroatoms. The van der Waals surface area contributed by atoms with Crippen LogP contribution >= 0.6 is 0 Å². The third-order valence-electron chi connectivity index (χ3n) is 2.53. The lowest BCUT2D eigenvalue weighted by atomic mass is 10.3. The summed E-state index contributed by atoms with van der Waals surface area (Å²) in [6, 6.07) is -1.53. The van der Waals surface area contributed by atoms with Crippen LogP contribution in [-0.2, 0) is 19.1 Å². The Hall–Kier alpha value is -1.83. The number of rotatable bonds is 3. The Morgan fingerprint density at radius 2 is 2.17 bits per heavy atom. The summed E-state index contributed by atoms with van der Waals surface area (Å²) in [5, 5.41) is 11.0. The summed E-state index contributed by atoms with van der Waals surface area (Å²) in [5.74, 6) is -1.68. The molecule has 0 spiro atoms. The molecule has 0 aromatic carbocycles. The monoisotopic (exact) mass is 260 g/mol. The first kappa shape index (κ1) is 14.2. The third-order valence-corrected chi connectivity index (χ3v) is 2.53. The SMILES string of the molecule is COC(=O)C1CN(C(=O)NC(C)C(=O)O)CCO1. The van der Waals surface area contributed by atoms with Crippen molar-refractivity contribution in [1.82, 2.24) is 10.2 Å². The number of methoxy groups -OCH3 is 1. The molecule has 0 aromatic rings. The van der Waals surface area contributed by atoms with E-state index in [1.165, 1.54) is 18.9 Å². The van der Waals surface area contributed by atoms with Crippen LogP contribution in [0.3, 0.4) is 0 Å². The first-order chi connectivity index (χ1) is 8.45. The molecular weight excluding hydrogens is 244 g/mol. The number of carbonyl (C=O) groups is 3. The van der Waals surface area contributed by atoms with E-state index in [-0.39, 0.29) is 13.2 Å². The van der Waals surface area contributed by atoms with Gasteiger partial charge in [-0.2, -0.15) is 0 Å². The van der Waals surface area contributed by atoms with Gasteiger partial charge in [-0.25, -0.2) is 9.59 Å². The minimum atomic E-state index is -1.12. The van der Waals surface area contributed by atoms with Crippen molar-refractivity contribution in [2.45, 2.75) is 19.1 Å². The first-order valence-corrected chi connectivity index (χ1v) is 5.43. The fourth-order valence-corrected chi connectivity index (χ4v) is 1.45. The van der Waals surface area contributed by atoms with Crippen LogP contribution in [0, 0.1) is 0 Å². The van der Waals surface area contributed by atoms with Gasteiger partial charge in [0.25, 0.3) is 0 Å². The number of carbonyl (C=O) groups excluding carboxylic acids is 2. The van der Waals surface area contributed by atoms with Crippen molar-refractivity contribution in [2.75, 3.05) is 26.8 Å². The van der Waals surface area contributed by atoms with Crippen LogP contribution in [0.2, 0.25) is 0 Å². The van der Waals surface area contributed by atoms with Gasteiger partial charge in [0.05, 0.1) is 20.3 Å². The Balaban J connectivity index is 2.53. The van der Waals surface area contributed by atoms with Crippen molar-refractivity contribution in [2.24, 2.45) is 0 Å². The minimum Gasteiger partial charge on any atom is -0.480 e. The van der Waals surface area contributed by atoms with Gasteiger partial charge in [0.1, 0.15) is 6.04 Å². The normalized spacial score (nSPS) is 21.0. The standard InChI is InChI=1S/C10H16N2O6/c1-6(8(13)14)11-10(16)12-3-4-18-7(5-12)9(15)17-2/h6-7H,3-5H2,1-2H3,(H,11,16)(H,13,14). The lowest BCUT2D eigenvalue weighted by Crippen LogP contribution is -2.54. The lowest BCUT2D eigenvalue weighted by molar-refractivity contribution is -0.158. The highest BCUT2D eigenvalue weighted by Crippen LogP contribution is 2.07. The zero-order valence-electron chi connectivity index (χ0n) is 10.2. The summed E-state index contributed by atoms with van der Waals surface area (Å²) in [6.45, 7) is 1.91. The highest BCUT2D eigenvalue weighted by atomic mass is 16.6. The summed E-state index contributed by atoms with van der Waals surface area (Å²) in [6.07, 6.45) is -0.824.